The maximum atomic E-state index is 12.7. The first-order valence-corrected chi connectivity index (χ1v) is 11.5. The fourth-order valence-corrected chi connectivity index (χ4v) is 4.63. The van der Waals surface area contributed by atoms with Gasteiger partial charge in [-0.05, 0) is 54.2 Å². The molecule has 1 saturated heterocycles. The van der Waals surface area contributed by atoms with Gasteiger partial charge in [0.1, 0.15) is 0 Å². The molecule has 0 unspecified atom stereocenters. The van der Waals surface area contributed by atoms with Crippen LogP contribution in [0.2, 0.25) is 0 Å². The van der Waals surface area contributed by atoms with Gasteiger partial charge in [-0.1, -0.05) is 60.7 Å². The minimum atomic E-state index is 0.0295. The average Bonchev–Trinajstić information content (AvgIpc) is 3.27. The van der Waals surface area contributed by atoms with E-state index in [0.717, 1.165) is 50.0 Å². The Bertz CT molecular complexity index is 1170. The number of rotatable bonds is 6. The van der Waals surface area contributed by atoms with Crippen LogP contribution < -0.4 is 5.32 Å². The van der Waals surface area contributed by atoms with Gasteiger partial charge < -0.3 is 15.2 Å². The summed E-state index contributed by atoms with van der Waals surface area (Å²) in [6, 6.07) is 26.9. The van der Waals surface area contributed by atoms with Crippen molar-refractivity contribution in [2.24, 2.45) is 0 Å². The van der Waals surface area contributed by atoms with Gasteiger partial charge in [-0.2, -0.15) is 0 Å². The van der Waals surface area contributed by atoms with Crippen molar-refractivity contribution in [3.63, 3.8) is 0 Å². The number of fused-ring (bicyclic) bond motifs is 1. The number of likely N-dealkylation sites (tertiary alicyclic amines) is 1. The molecule has 1 aromatic heterocycles. The number of nitrogens with one attached hydrogen (secondary N) is 2. The van der Waals surface area contributed by atoms with Crippen molar-refractivity contribution < 1.29 is 4.79 Å². The fourth-order valence-electron chi connectivity index (χ4n) is 4.63. The Hall–Kier alpha value is -3.37. The molecule has 0 atom stereocenters. The van der Waals surface area contributed by atoms with Crippen LogP contribution in [0.4, 0.5) is 0 Å². The second kappa shape index (κ2) is 9.41. The summed E-state index contributed by atoms with van der Waals surface area (Å²) < 4.78 is 0. The van der Waals surface area contributed by atoms with Crippen LogP contribution in [-0.2, 0) is 6.42 Å². The summed E-state index contributed by atoms with van der Waals surface area (Å²) in [5.74, 6) is 0.0295. The first-order chi connectivity index (χ1) is 15.8. The second-order valence-electron chi connectivity index (χ2n) is 8.64. The highest BCUT2D eigenvalue weighted by Crippen LogP contribution is 2.21. The maximum Gasteiger partial charge on any atom is 0.251 e. The van der Waals surface area contributed by atoms with Crippen molar-refractivity contribution in [1.29, 1.82) is 0 Å². The number of carbonyl (C=O) groups excluding carboxylic acids is 1. The highest BCUT2D eigenvalue weighted by atomic mass is 16.1. The monoisotopic (exact) mass is 423 g/mol. The number of carbonyl (C=O) groups is 1. The van der Waals surface area contributed by atoms with Crippen molar-refractivity contribution in [2.75, 3.05) is 19.6 Å². The number of H-pyrrole nitrogens is 1. The van der Waals surface area contributed by atoms with Gasteiger partial charge in [-0.15, -0.1) is 0 Å². The summed E-state index contributed by atoms with van der Waals surface area (Å²) in [5.41, 5.74) is 5.62. The SMILES string of the molecule is O=C(NC1CCN(CCc2c[nH]c3ccccc23)CC1)c1ccc(-c2ccccc2)cc1. The highest BCUT2D eigenvalue weighted by molar-refractivity contribution is 5.94. The summed E-state index contributed by atoms with van der Waals surface area (Å²) in [6.07, 6.45) is 5.19. The minimum Gasteiger partial charge on any atom is -0.361 e. The van der Waals surface area contributed by atoms with Crippen molar-refractivity contribution >= 4 is 16.8 Å². The number of amides is 1. The zero-order valence-electron chi connectivity index (χ0n) is 18.3. The molecule has 0 bridgehead atoms. The molecular formula is C28H29N3O. The first-order valence-electron chi connectivity index (χ1n) is 11.5. The quantitative estimate of drug-likeness (QED) is 0.444. The normalized spacial score (nSPS) is 15.1. The molecule has 4 aromatic rings. The maximum absolute atomic E-state index is 12.7. The molecule has 0 saturated carbocycles. The molecule has 0 aliphatic carbocycles. The van der Waals surface area contributed by atoms with E-state index in [1.807, 2.05) is 42.5 Å². The number of para-hydroxylation sites is 1. The van der Waals surface area contributed by atoms with Gasteiger partial charge in [0.25, 0.3) is 5.91 Å². The molecule has 5 rings (SSSR count). The van der Waals surface area contributed by atoms with Crippen molar-refractivity contribution in [1.82, 2.24) is 15.2 Å². The third-order valence-corrected chi connectivity index (χ3v) is 6.55. The Morgan fingerprint density at radius 3 is 2.34 bits per heavy atom. The zero-order valence-corrected chi connectivity index (χ0v) is 18.3. The van der Waals surface area contributed by atoms with E-state index in [0.29, 0.717) is 0 Å². The predicted octanol–water partition coefficient (Wildman–Crippen LogP) is 5.27. The number of nitrogens with zero attached hydrogens (tertiary/aromatic N) is 1. The Balaban J connectivity index is 1.10. The van der Waals surface area contributed by atoms with Gasteiger partial charge >= 0.3 is 0 Å². The number of aromatic amines is 1. The van der Waals surface area contributed by atoms with Crippen molar-refractivity contribution in [3.8, 4) is 11.1 Å². The lowest BCUT2D eigenvalue weighted by Crippen LogP contribution is -2.45. The molecule has 2 N–H and O–H groups in total. The summed E-state index contributed by atoms with van der Waals surface area (Å²) in [7, 11) is 0. The molecule has 1 aliphatic heterocycles. The van der Waals surface area contributed by atoms with Crippen LogP contribution in [0.3, 0.4) is 0 Å². The summed E-state index contributed by atoms with van der Waals surface area (Å²) in [4.78, 5) is 18.6. The smallest absolute Gasteiger partial charge is 0.251 e. The summed E-state index contributed by atoms with van der Waals surface area (Å²) >= 11 is 0. The number of aromatic nitrogens is 1. The molecule has 2 heterocycles. The molecule has 0 spiro atoms. The van der Waals surface area contributed by atoms with E-state index >= 15 is 0 Å². The fraction of sp³-hybridized carbons (Fsp3) is 0.250. The van der Waals surface area contributed by atoms with E-state index in [2.05, 4.69) is 57.8 Å². The van der Waals surface area contributed by atoms with Gasteiger partial charge in [0.2, 0.25) is 0 Å². The number of benzene rings is 3. The van der Waals surface area contributed by atoms with Crippen LogP contribution in [-0.4, -0.2) is 41.5 Å². The first kappa shape index (κ1) is 20.5. The molecule has 3 aromatic carbocycles. The van der Waals surface area contributed by atoms with Crippen LogP contribution >= 0.6 is 0 Å². The van der Waals surface area contributed by atoms with Gasteiger partial charge in [0, 0.05) is 48.3 Å². The number of hydrogen-bond acceptors (Lipinski definition) is 2. The second-order valence-corrected chi connectivity index (χ2v) is 8.64. The molecule has 4 heteroatoms. The van der Waals surface area contributed by atoms with Crippen molar-refractivity contribution in [3.05, 3.63) is 96.2 Å². The van der Waals surface area contributed by atoms with E-state index in [1.165, 1.54) is 22.0 Å². The Labute approximate surface area is 189 Å². The molecule has 162 valence electrons. The van der Waals surface area contributed by atoms with E-state index in [9.17, 15) is 4.79 Å². The molecule has 1 aliphatic rings. The van der Waals surface area contributed by atoms with Crippen molar-refractivity contribution in [2.45, 2.75) is 25.3 Å². The summed E-state index contributed by atoms with van der Waals surface area (Å²) in [6.45, 7) is 3.12. The Morgan fingerprint density at radius 2 is 1.56 bits per heavy atom. The molecule has 32 heavy (non-hydrogen) atoms. The Morgan fingerprint density at radius 1 is 0.875 bits per heavy atom. The van der Waals surface area contributed by atoms with Crippen LogP contribution in [0, 0.1) is 0 Å². The zero-order chi connectivity index (χ0) is 21.8. The third kappa shape index (κ3) is 4.61. The van der Waals surface area contributed by atoms with Crippen LogP contribution in [0.1, 0.15) is 28.8 Å². The van der Waals surface area contributed by atoms with E-state index in [4.69, 9.17) is 0 Å². The highest BCUT2D eigenvalue weighted by Gasteiger charge is 2.21. The van der Waals surface area contributed by atoms with Gasteiger partial charge in [-0.3, -0.25) is 4.79 Å². The molecule has 1 fully saturated rings. The van der Waals surface area contributed by atoms with Gasteiger partial charge in [0.05, 0.1) is 0 Å². The van der Waals surface area contributed by atoms with Crippen LogP contribution in [0.5, 0.6) is 0 Å². The van der Waals surface area contributed by atoms with E-state index < -0.39 is 0 Å². The van der Waals surface area contributed by atoms with Crippen LogP contribution in [0.25, 0.3) is 22.0 Å². The number of piperidine rings is 1. The largest absolute Gasteiger partial charge is 0.361 e. The molecular weight excluding hydrogens is 394 g/mol. The molecule has 4 nitrogen and oxygen atoms in total. The van der Waals surface area contributed by atoms with Crippen LogP contribution in [0.15, 0.2) is 85.1 Å². The lowest BCUT2D eigenvalue weighted by atomic mass is 10.0. The molecule has 1 amide bonds. The average molecular weight is 424 g/mol. The minimum absolute atomic E-state index is 0.0295. The third-order valence-electron chi connectivity index (χ3n) is 6.55. The lowest BCUT2D eigenvalue weighted by Gasteiger charge is -2.32. The van der Waals surface area contributed by atoms with E-state index in [-0.39, 0.29) is 11.9 Å². The van der Waals surface area contributed by atoms with E-state index in [1.54, 1.807) is 0 Å². The van der Waals surface area contributed by atoms with Gasteiger partial charge in [-0.25, -0.2) is 0 Å². The lowest BCUT2D eigenvalue weighted by molar-refractivity contribution is 0.0911. The molecule has 0 radical (unpaired) electrons. The standard InChI is InChI=1S/C28H29N3O/c32-28(23-12-10-22(11-13-23)21-6-2-1-3-7-21)30-25-15-18-31(19-16-25)17-14-24-20-29-27-9-5-4-8-26(24)27/h1-13,20,25,29H,14-19H2,(H,30,32). The predicted molar refractivity (Wildman–Crippen MR) is 131 cm³/mol. The Kier molecular flexibility index (Phi) is 6.04. The van der Waals surface area contributed by atoms with Gasteiger partial charge in [0.15, 0.2) is 0 Å². The number of hydrogen-bond donors (Lipinski definition) is 2. The topological polar surface area (TPSA) is 48.1 Å². The summed E-state index contributed by atoms with van der Waals surface area (Å²) in [5, 5.41) is 4.56.